The maximum absolute atomic E-state index is 14.5. The molecule has 4 aromatic rings. The molecule has 0 unspecified atom stereocenters. The highest BCUT2D eigenvalue weighted by Gasteiger charge is 2.56. The summed E-state index contributed by atoms with van der Waals surface area (Å²) < 4.78 is 36.3. The van der Waals surface area contributed by atoms with Crippen LogP contribution in [0.3, 0.4) is 0 Å². The van der Waals surface area contributed by atoms with Gasteiger partial charge in [0.1, 0.15) is 12.4 Å². The van der Waals surface area contributed by atoms with Gasteiger partial charge in [-0.15, -0.1) is 0 Å². The molecule has 3 aliphatic carbocycles. The van der Waals surface area contributed by atoms with Crippen molar-refractivity contribution in [2.24, 2.45) is 11.3 Å². The minimum Gasteiger partial charge on any atom is -0.475 e. The van der Waals surface area contributed by atoms with Gasteiger partial charge >= 0.3 is 0 Å². The fraction of sp³-hybridized carbons (Fsp3) is 0.405. The molecule has 0 spiro atoms. The maximum atomic E-state index is 14.5. The lowest BCUT2D eigenvalue weighted by Crippen LogP contribution is -2.63. The van der Waals surface area contributed by atoms with E-state index in [1.165, 1.54) is 31.4 Å². The van der Waals surface area contributed by atoms with Crippen molar-refractivity contribution in [3.8, 4) is 17.1 Å². The number of fused-ring (bicyclic) bond motifs is 4. The topological polar surface area (TPSA) is 126 Å². The van der Waals surface area contributed by atoms with Crippen LogP contribution >= 0.6 is 0 Å². The highest BCUT2D eigenvalue weighted by atomic mass is 32.2. The molecular formula is C37H42N6O4S. The van der Waals surface area contributed by atoms with Crippen molar-refractivity contribution >= 4 is 27.7 Å². The molecule has 8 rings (SSSR count). The van der Waals surface area contributed by atoms with Crippen molar-refractivity contribution in [3.63, 3.8) is 0 Å². The van der Waals surface area contributed by atoms with Gasteiger partial charge in [0.25, 0.3) is 15.9 Å². The zero-order chi connectivity index (χ0) is 33.8. The Morgan fingerprint density at radius 1 is 0.958 bits per heavy atom. The van der Waals surface area contributed by atoms with Crippen LogP contribution in [-0.4, -0.2) is 52.4 Å². The Balaban J connectivity index is 1.31. The first-order chi connectivity index (χ1) is 22.8. The number of anilines is 2. The summed E-state index contributed by atoms with van der Waals surface area (Å²) in [6, 6.07) is 19.2. The van der Waals surface area contributed by atoms with Gasteiger partial charge in [0.2, 0.25) is 11.8 Å². The highest BCUT2D eigenvalue weighted by Crippen LogP contribution is 2.58. The number of nitrogens with zero attached hydrogens (tertiary/aromatic N) is 4. The SMILES string of the molecule is Cc1cccc(C)c1-c1cc2nc(n1)NS(=O)(=O)c1cccc(c1)C(=O)N(Cc1cccc(NC34CC(C3)C4)n1)[C@H](CC(C)(C)C)CO2. The van der Waals surface area contributed by atoms with Crippen LogP contribution in [0.5, 0.6) is 5.88 Å². The van der Waals surface area contributed by atoms with Gasteiger partial charge in [0.15, 0.2) is 0 Å². The number of carbonyl (C=O) groups is 1. The van der Waals surface area contributed by atoms with E-state index in [9.17, 15) is 13.2 Å². The number of hydrogen-bond acceptors (Lipinski definition) is 8. The lowest BCUT2D eigenvalue weighted by atomic mass is 9.50. The Bertz CT molecular complexity index is 1970. The summed E-state index contributed by atoms with van der Waals surface area (Å²) in [6.45, 7) is 10.7. The van der Waals surface area contributed by atoms with Crippen molar-refractivity contribution in [1.82, 2.24) is 19.9 Å². The van der Waals surface area contributed by atoms with E-state index in [1.54, 1.807) is 23.1 Å². The predicted molar refractivity (Wildman–Crippen MR) is 185 cm³/mol. The molecule has 1 atom stereocenters. The monoisotopic (exact) mass is 666 g/mol. The zero-order valence-corrected chi connectivity index (χ0v) is 28.9. The average molecular weight is 667 g/mol. The molecule has 48 heavy (non-hydrogen) atoms. The van der Waals surface area contributed by atoms with E-state index in [2.05, 4.69) is 40.8 Å². The molecule has 250 valence electrons. The highest BCUT2D eigenvalue weighted by molar-refractivity contribution is 7.92. The van der Waals surface area contributed by atoms with Crippen LogP contribution in [0.2, 0.25) is 0 Å². The first-order valence-electron chi connectivity index (χ1n) is 16.5. The maximum Gasteiger partial charge on any atom is 0.264 e. The van der Waals surface area contributed by atoms with Crippen molar-refractivity contribution in [1.29, 1.82) is 0 Å². The minimum atomic E-state index is -4.16. The second-order valence-corrected chi connectivity index (χ2v) is 16.6. The molecule has 2 aromatic heterocycles. The summed E-state index contributed by atoms with van der Waals surface area (Å²) in [5.41, 5.74) is 4.35. The van der Waals surface area contributed by atoms with E-state index >= 15 is 0 Å². The molecule has 6 bridgehead atoms. The van der Waals surface area contributed by atoms with Crippen LogP contribution in [0.1, 0.15) is 73.6 Å². The van der Waals surface area contributed by atoms with Gasteiger partial charge in [0, 0.05) is 22.7 Å². The van der Waals surface area contributed by atoms with Gasteiger partial charge in [-0.2, -0.15) is 4.98 Å². The Hall–Kier alpha value is -4.51. The third-order valence-electron chi connectivity index (χ3n) is 9.60. The molecular weight excluding hydrogens is 625 g/mol. The lowest BCUT2D eigenvalue weighted by molar-refractivity contribution is 0.00177. The molecule has 0 radical (unpaired) electrons. The number of pyridine rings is 1. The fourth-order valence-corrected chi connectivity index (χ4v) is 8.25. The number of rotatable bonds is 6. The first-order valence-corrected chi connectivity index (χ1v) is 18.0. The molecule has 11 heteroatoms. The standard InChI is InChI=1S/C37H42N6O4S/c1-23-9-6-10-24(2)33(23)30-16-32-40-35(39-30)42-48(45,46)29-13-7-11-26(15-29)34(44)43(28(22-47-32)20-36(3,4)5)21-27-12-8-14-31(38-27)41-37-17-25(18-37)19-37/h6-16,25,28H,17-22H2,1-5H3,(H,38,41)(H,39,40,42)/t25?,28-,37?/m1/s1. The van der Waals surface area contributed by atoms with E-state index in [1.807, 2.05) is 50.2 Å². The molecule has 3 saturated carbocycles. The third-order valence-corrected chi connectivity index (χ3v) is 10.9. The molecule has 1 aliphatic heterocycles. The van der Waals surface area contributed by atoms with Crippen LogP contribution in [0.25, 0.3) is 11.3 Å². The van der Waals surface area contributed by atoms with Crippen LogP contribution in [0.15, 0.2) is 71.6 Å². The molecule has 2 aromatic carbocycles. The number of nitrogens with one attached hydrogen (secondary N) is 2. The van der Waals surface area contributed by atoms with E-state index < -0.39 is 16.1 Å². The smallest absolute Gasteiger partial charge is 0.264 e. The molecule has 0 saturated heterocycles. The van der Waals surface area contributed by atoms with Crippen LogP contribution in [0, 0.1) is 25.2 Å². The first kappa shape index (κ1) is 32.1. The number of ether oxygens (including phenoxy) is 1. The van der Waals surface area contributed by atoms with Gasteiger partial charge in [-0.3, -0.25) is 4.79 Å². The number of amides is 1. The van der Waals surface area contributed by atoms with E-state index in [4.69, 9.17) is 9.72 Å². The molecule has 1 amide bonds. The summed E-state index contributed by atoms with van der Waals surface area (Å²) in [4.78, 5) is 30.2. The molecule has 2 N–H and O–H groups in total. The number of aryl methyl sites for hydroxylation is 2. The number of carbonyl (C=O) groups excluding carboxylic acids is 1. The summed E-state index contributed by atoms with van der Waals surface area (Å²) in [5.74, 6) is 1.43. The van der Waals surface area contributed by atoms with Gasteiger partial charge < -0.3 is 15.0 Å². The zero-order valence-electron chi connectivity index (χ0n) is 28.1. The van der Waals surface area contributed by atoms with E-state index in [0.717, 1.165) is 34.1 Å². The van der Waals surface area contributed by atoms with Gasteiger partial charge in [-0.1, -0.05) is 51.1 Å². The van der Waals surface area contributed by atoms with Crippen LogP contribution in [0.4, 0.5) is 11.8 Å². The van der Waals surface area contributed by atoms with Gasteiger partial charge in [-0.05, 0) is 92.3 Å². The lowest BCUT2D eigenvalue weighted by Gasteiger charge is -2.62. The third kappa shape index (κ3) is 6.48. The van der Waals surface area contributed by atoms with Crippen molar-refractivity contribution in [2.75, 3.05) is 16.6 Å². The van der Waals surface area contributed by atoms with Crippen LogP contribution in [-0.2, 0) is 16.6 Å². The Labute approximate surface area is 282 Å². The van der Waals surface area contributed by atoms with Crippen molar-refractivity contribution in [3.05, 3.63) is 89.1 Å². The fourth-order valence-electron chi connectivity index (χ4n) is 7.26. The normalized spacial score (nSPS) is 22.9. The second-order valence-electron chi connectivity index (χ2n) is 14.9. The molecule has 10 nitrogen and oxygen atoms in total. The van der Waals surface area contributed by atoms with Gasteiger partial charge in [-0.25, -0.2) is 23.1 Å². The number of aromatic nitrogens is 3. The quantitative estimate of drug-likeness (QED) is 0.231. The van der Waals surface area contributed by atoms with E-state index in [-0.39, 0.29) is 52.3 Å². The molecule has 3 heterocycles. The van der Waals surface area contributed by atoms with E-state index in [0.29, 0.717) is 12.1 Å². The summed E-state index contributed by atoms with van der Waals surface area (Å²) >= 11 is 0. The summed E-state index contributed by atoms with van der Waals surface area (Å²) in [6.07, 6.45) is 4.15. The Kier molecular flexibility index (Phi) is 7.93. The molecule has 4 aliphatic rings. The van der Waals surface area contributed by atoms with Gasteiger partial charge in [0.05, 0.1) is 28.9 Å². The summed E-state index contributed by atoms with van der Waals surface area (Å²) in [5, 5.41) is 3.64. The number of hydrogen-bond donors (Lipinski definition) is 2. The predicted octanol–water partition coefficient (Wildman–Crippen LogP) is 6.76. The summed E-state index contributed by atoms with van der Waals surface area (Å²) in [7, 11) is -4.16. The van der Waals surface area contributed by atoms with Crippen molar-refractivity contribution in [2.45, 2.75) is 83.3 Å². The average Bonchev–Trinajstić information content (AvgIpc) is 2.98. The van der Waals surface area contributed by atoms with Crippen LogP contribution < -0.4 is 14.8 Å². The molecule has 3 fully saturated rings. The largest absolute Gasteiger partial charge is 0.475 e. The number of sulfonamides is 1. The Morgan fingerprint density at radius 2 is 1.67 bits per heavy atom. The second kappa shape index (κ2) is 11.9. The Morgan fingerprint density at radius 3 is 2.35 bits per heavy atom. The van der Waals surface area contributed by atoms with Crippen molar-refractivity contribution < 1.29 is 17.9 Å². The number of benzene rings is 2. The minimum absolute atomic E-state index is 0.0636.